The lowest BCUT2D eigenvalue weighted by atomic mass is 10.1. The van der Waals surface area contributed by atoms with Crippen molar-refractivity contribution >= 4 is 27.9 Å². The molecule has 142 valence electrons. The molecule has 1 aromatic rings. The summed E-state index contributed by atoms with van der Waals surface area (Å²) < 4.78 is 32.1. The molecule has 1 heterocycles. The number of rotatable bonds is 6. The number of hydroxylamine groups is 2. The Kier molecular flexibility index (Phi) is 5.49. The number of ether oxygens (including phenoxy) is 1. The van der Waals surface area contributed by atoms with Crippen molar-refractivity contribution in [3.8, 4) is 0 Å². The predicted octanol–water partition coefficient (Wildman–Crippen LogP) is 0.901. The van der Waals surface area contributed by atoms with Crippen LogP contribution in [0.4, 0.5) is 0 Å². The van der Waals surface area contributed by atoms with Crippen molar-refractivity contribution in [2.45, 2.75) is 32.5 Å². The summed E-state index contributed by atoms with van der Waals surface area (Å²) in [6.45, 7) is 4.05. The van der Waals surface area contributed by atoms with E-state index in [-0.39, 0.29) is 11.1 Å². The van der Waals surface area contributed by atoms with Gasteiger partial charge in [-0.3, -0.25) is 13.8 Å². The van der Waals surface area contributed by atoms with E-state index in [0.29, 0.717) is 5.06 Å². The fourth-order valence-electron chi connectivity index (χ4n) is 2.08. The third-order valence-electron chi connectivity index (χ3n) is 3.09. The van der Waals surface area contributed by atoms with Crippen LogP contribution in [-0.4, -0.2) is 55.8 Å². The van der Waals surface area contributed by atoms with Gasteiger partial charge < -0.3 is 4.74 Å². The summed E-state index contributed by atoms with van der Waals surface area (Å²) in [7, 11) is -3.89. The highest BCUT2D eigenvalue weighted by Crippen LogP contribution is 2.24. The Morgan fingerprint density at radius 3 is 2.04 bits per heavy atom. The molecule has 26 heavy (non-hydrogen) atoms. The number of carbonyl (C=O) groups excluding carboxylic acids is 3. The standard InChI is InChI=1S/C16H19NO8S/c1-16(2,3)24-15(20)12(9-23-26(4,21)22)25-17-13(18)10-7-5-6-8-11(10)14(17)19/h5-8,12H,9H2,1-4H3. The van der Waals surface area contributed by atoms with Gasteiger partial charge in [-0.25, -0.2) is 9.63 Å². The number of hydrogen-bond acceptors (Lipinski definition) is 8. The molecule has 0 aromatic heterocycles. The lowest BCUT2D eigenvalue weighted by Crippen LogP contribution is -2.43. The van der Waals surface area contributed by atoms with Crippen LogP contribution in [0.2, 0.25) is 0 Å². The Balaban J connectivity index is 2.22. The average Bonchev–Trinajstić information content (AvgIpc) is 2.73. The van der Waals surface area contributed by atoms with Crippen LogP contribution in [0.3, 0.4) is 0 Å². The zero-order chi connectivity index (χ0) is 19.7. The Labute approximate surface area is 150 Å². The van der Waals surface area contributed by atoms with Crippen LogP contribution in [0.15, 0.2) is 24.3 Å². The fraction of sp³-hybridized carbons (Fsp3) is 0.438. The van der Waals surface area contributed by atoms with Gasteiger partial charge in [-0.2, -0.15) is 8.42 Å². The molecule has 1 aliphatic heterocycles. The number of nitrogens with zero attached hydrogens (tertiary/aromatic N) is 1. The van der Waals surface area contributed by atoms with Gasteiger partial charge in [0.1, 0.15) is 12.2 Å². The van der Waals surface area contributed by atoms with Crippen LogP contribution in [0.1, 0.15) is 41.5 Å². The third-order valence-corrected chi connectivity index (χ3v) is 3.66. The molecule has 10 heteroatoms. The largest absolute Gasteiger partial charge is 0.458 e. The average molecular weight is 385 g/mol. The number of carbonyl (C=O) groups is 3. The molecule has 1 unspecified atom stereocenters. The second kappa shape index (κ2) is 7.14. The first-order valence-electron chi connectivity index (χ1n) is 7.61. The number of esters is 1. The smallest absolute Gasteiger partial charge is 0.341 e. The minimum absolute atomic E-state index is 0.115. The van der Waals surface area contributed by atoms with Crippen molar-refractivity contribution in [2.24, 2.45) is 0 Å². The molecule has 0 fully saturated rings. The van der Waals surface area contributed by atoms with Gasteiger partial charge in [0.05, 0.1) is 17.4 Å². The molecule has 0 aliphatic carbocycles. The molecule has 2 rings (SSSR count). The number of fused-ring (bicyclic) bond motifs is 1. The predicted molar refractivity (Wildman–Crippen MR) is 88.5 cm³/mol. The van der Waals surface area contributed by atoms with Gasteiger partial charge in [0, 0.05) is 0 Å². The van der Waals surface area contributed by atoms with E-state index < -0.39 is 46.2 Å². The van der Waals surface area contributed by atoms with Crippen LogP contribution in [0.25, 0.3) is 0 Å². The number of benzene rings is 1. The Morgan fingerprint density at radius 2 is 1.62 bits per heavy atom. The van der Waals surface area contributed by atoms with Crippen molar-refractivity contribution in [3.05, 3.63) is 35.4 Å². The van der Waals surface area contributed by atoms with Crippen LogP contribution in [0.5, 0.6) is 0 Å². The molecule has 0 bridgehead atoms. The van der Waals surface area contributed by atoms with Crippen molar-refractivity contribution < 1.29 is 36.6 Å². The van der Waals surface area contributed by atoms with E-state index in [1.807, 2.05) is 0 Å². The molecule has 0 radical (unpaired) electrons. The zero-order valence-corrected chi connectivity index (χ0v) is 15.5. The summed E-state index contributed by atoms with van der Waals surface area (Å²) in [6.07, 6.45) is -0.840. The summed E-state index contributed by atoms with van der Waals surface area (Å²) in [6, 6.07) is 6.03. The van der Waals surface area contributed by atoms with E-state index in [9.17, 15) is 22.8 Å². The zero-order valence-electron chi connectivity index (χ0n) is 14.7. The van der Waals surface area contributed by atoms with E-state index in [1.165, 1.54) is 12.1 Å². The molecular formula is C16H19NO8S. The second-order valence-electron chi connectivity index (χ2n) is 6.57. The van der Waals surface area contributed by atoms with E-state index in [1.54, 1.807) is 32.9 Å². The first kappa shape index (κ1) is 20.0. The Hall–Kier alpha value is -2.30. The third kappa shape index (κ3) is 4.87. The molecule has 0 spiro atoms. The van der Waals surface area contributed by atoms with E-state index >= 15 is 0 Å². The number of imide groups is 1. The molecule has 0 saturated carbocycles. The molecule has 9 nitrogen and oxygen atoms in total. The van der Waals surface area contributed by atoms with Crippen molar-refractivity contribution in [2.75, 3.05) is 12.9 Å². The monoisotopic (exact) mass is 385 g/mol. The van der Waals surface area contributed by atoms with Gasteiger partial charge in [-0.1, -0.05) is 12.1 Å². The van der Waals surface area contributed by atoms with Crippen LogP contribution < -0.4 is 0 Å². The van der Waals surface area contributed by atoms with Crippen LogP contribution in [0, 0.1) is 0 Å². The van der Waals surface area contributed by atoms with Gasteiger partial charge in [-0.15, -0.1) is 5.06 Å². The minimum atomic E-state index is -3.89. The second-order valence-corrected chi connectivity index (χ2v) is 8.21. The molecule has 0 N–H and O–H groups in total. The summed E-state index contributed by atoms with van der Waals surface area (Å²) in [5.74, 6) is -2.50. The van der Waals surface area contributed by atoms with E-state index in [2.05, 4.69) is 4.18 Å². The first-order chi connectivity index (χ1) is 11.9. The fourth-order valence-corrected chi connectivity index (χ4v) is 2.46. The lowest BCUT2D eigenvalue weighted by molar-refractivity contribution is -0.192. The van der Waals surface area contributed by atoms with Gasteiger partial charge >= 0.3 is 5.97 Å². The van der Waals surface area contributed by atoms with Gasteiger partial charge in [0.15, 0.2) is 0 Å². The molecule has 2 amide bonds. The topological polar surface area (TPSA) is 116 Å². The maximum absolute atomic E-state index is 12.3. The summed E-state index contributed by atoms with van der Waals surface area (Å²) in [5.41, 5.74) is -0.667. The quantitative estimate of drug-likeness (QED) is 0.403. The lowest BCUT2D eigenvalue weighted by Gasteiger charge is -2.25. The maximum Gasteiger partial charge on any atom is 0.341 e. The first-order valence-corrected chi connectivity index (χ1v) is 9.42. The van der Waals surface area contributed by atoms with Crippen molar-refractivity contribution in [3.63, 3.8) is 0 Å². The highest BCUT2D eigenvalue weighted by Gasteiger charge is 2.40. The van der Waals surface area contributed by atoms with E-state index in [0.717, 1.165) is 6.26 Å². The summed E-state index contributed by atoms with van der Waals surface area (Å²) in [5, 5.41) is 0.408. The minimum Gasteiger partial charge on any atom is -0.458 e. The van der Waals surface area contributed by atoms with Gasteiger partial charge in [0.2, 0.25) is 6.10 Å². The van der Waals surface area contributed by atoms with Gasteiger partial charge in [0.25, 0.3) is 21.9 Å². The maximum atomic E-state index is 12.3. The summed E-state index contributed by atoms with van der Waals surface area (Å²) >= 11 is 0. The van der Waals surface area contributed by atoms with E-state index in [4.69, 9.17) is 9.57 Å². The molecule has 1 atom stereocenters. The summed E-state index contributed by atoms with van der Waals surface area (Å²) in [4.78, 5) is 42.1. The Bertz CT molecular complexity index is 805. The van der Waals surface area contributed by atoms with Crippen LogP contribution in [-0.2, 0) is 28.7 Å². The highest BCUT2D eigenvalue weighted by molar-refractivity contribution is 7.85. The van der Waals surface area contributed by atoms with Crippen molar-refractivity contribution in [1.29, 1.82) is 0 Å². The number of hydrogen-bond donors (Lipinski definition) is 0. The molecular weight excluding hydrogens is 366 g/mol. The van der Waals surface area contributed by atoms with Gasteiger partial charge in [-0.05, 0) is 32.9 Å². The highest BCUT2D eigenvalue weighted by atomic mass is 32.2. The molecule has 0 saturated heterocycles. The normalized spacial score (nSPS) is 15.8. The van der Waals surface area contributed by atoms with Crippen molar-refractivity contribution in [1.82, 2.24) is 5.06 Å². The SMILES string of the molecule is CC(C)(C)OC(=O)C(COS(C)(=O)=O)ON1C(=O)c2ccccc2C1=O. The molecule has 1 aliphatic rings. The molecule has 1 aromatic carbocycles. The number of amides is 2. The van der Waals surface area contributed by atoms with Crippen LogP contribution >= 0.6 is 0 Å². The Morgan fingerprint density at radius 1 is 1.12 bits per heavy atom.